The van der Waals surface area contributed by atoms with Crippen molar-refractivity contribution >= 4 is 21.6 Å². The van der Waals surface area contributed by atoms with Crippen molar-refractivity contribution < 1.29 is 9.84 Å². The molecule has 1 aromatic heterocycles. The van der Waals surface area contributed by atoms with Crippen LogP contribution in [0, 0.1) is 5.92 Å². The highest BCUT2D eigenvalue weighted by Crippen LogP contribution is 2.30. The van der Waals surface area contributed by atoms with Crippen LogP contribution in [-0.2, 0) is 11.3 Å². The predicted molar refractivity (Wildman–Crippen MR) is 84.5 cm³/mol. The highest BCUT2D eigenvalue weighted by molar-refractivity contribution is 9.10. The number of hydrogen-bond acceptors (Lipinski definition) is 5. The second-order valence-electron chi connectivity index (χ2n) is 5.90. The Bertz CT molecular complexity index is 541. The van der Waals surface area contributed by atoms with E-state index in [0.717, 1.165) is 0 Å². The van der Waals surface area contributed by atoms with E-state index in [9.17, 15) is 9.90 Å². The molecule has 1 aliphatic rings. The van der Waals surface area contributed by atoms with Gasteiger partial charge in [-0.05, 0) is 41.6 Å². The number of rotatable bonds is 8. The molecule has 0 amide bonds. The first kappa shape index (κ1) is 16.5. The number of halogens is 1. The van der Waals surface area contributed by atoms with Gasteiger partial charge in [0, 0.05) is 33.2 Å². The zero-order valence-electron chi connectivity index (χ0n) is 12.4. The molecule has 0 aliphatic heterocycles. The third-order valence-electron chi connectivity index (χ3n) is 3.62. The van der Waals surface area contributed by atoms with E-state index in [4.69, 9.17) is 4.74 Å². The summed E-state index contributed by atoms with van der Waals surface area (Å²) in [7, 11) is 1.60. The highest BCUT2D eigenvalue weighted by atomic mass is 79.9. The molecule has 6 nitrogen and oxygen atoms in total. The minimum Gasteiger partial charge on any atom is -0.388 e. The van der Waals surface area contributed by atoms with Crippen LogP contribution < -0.4 is 10.9 Å². The van der Waals surface area contributed by atoms with Crippen LogP contribution in [0.25, 0.3) is 0 Å². The van der Waals surface area contributed by atoms with Gasteiger partial charge in [-0.3, -0.25) is 4.79 Å². The van der Waals surface area contributed by atoms with Gasteiger partial charge < -0.3 is 15.2 Å². The largest absolute Gasteiger partial charge is 0.388 e. The van der Waals surface area contributed by atoms with Gasteiger partial charge in [-0.25, -0.2) is 4.68 Å². The molecule has 0 spiro atoms. The molecule has 21 heavy (non-hydrogen) atoms. The van der Waals surface area contributed by atoms with Crippen molar-refractivity contribution in [2.75, 3.05) is 25.6 Å². The van der Waals surface area contributed by atoms with Gasteiger partial charge in [-0.2, -0.15) is 5.10 Å². The second-order valence-corrected chi connectivity index (χ2v) is 6.69. The van der Waals surface area contributed by atoms with E-state index in [1.165, 1.54) is 17.5 Å². The maximum absolute atomic E-state index is 12.2. The molecule has 0 bridgehead atoms. The van der Waals surface area contributed by atoms with E-state index in [2.05, 4.69) is 26.3 Å². The fourth-order valence-electron chi connectivity index (χ4n) is 1.96. The van der Waals surface area contributed by atoms with E-state index < -0.39 is 5.60 Å². The van der Waals surface area contributed by atoms with Crippen LogP contribution >= 0.6 is 15.9 Å². The van der Waals surface area contributed by atoms with Gasteiger partial charge in [0.15, 0.2) is 0 Å². The lowest BCUT2D eigenvalue weighted by Crippen LogP contribution is -2.35. The van der Waals surface area contributed by atoms with Crippen molar-refractivity contribution in [3.8, 4) is 0 Å². The van der Waals surface area contributed by atoms with Gasteiger partial charge in [0.2, 0.25) is 0 Å². The molecule has 7 heteroatoms. The first-order valence-electron chi connectivity index (χ1n) is 7.14. The number of nitrogens with one attached hydrogen (secondary N) is 1. The van der Waals surface area contributed by atoms with E-state index in [1.54, 1.807) is 20.2 Å². The average molecular weight is 360 g/mol. The van der Waals surface area contributed by atoms with Gasteiger partial charge in [0.1, 0.15) is 4.47 Å². The SMILES string of the molecule is COCCC(C)(O)CNc1cnn(CC2CC2)c(=O)c1Br. The number of aliphatic hydroxyl groups is 1. The molecule has 2 N–H and O–H groups in total. The molecule has 118 valence electrons. The number of aromatic nitrogens is 2. The predicted octanol–water partition coefficient (Wildman–Crippen LogP) is 1.62. The van der Waals surface area contributed by atoms with Crippen LogP contribution in [0.15, 0.2) is 15.5 Å². The summed E-state index contributed by atoms with van der Waals surface area (Å²) in [4.78, 5) is 12.2. The summed E-state index contributed by atoms with van der Waals surface area (Å²) in [5, 5.41) is 17.4. The van der Waals surface area contributed by atoms with Crippen molar-refractivity contribution in [2.24, 2.45) is 5.92 Å². The third kappa shape index (κ3) is 4.79. The molecular formula is C14H22BrN3O3. The van der Waals surface area contributed by atoms with Gasteiger partial charge >= 0.3 is 0 Å². The Hall–Kier alpha value is -0.920. The first-order chi connectivity index (χ1) is 9.93. The fourth-order valence-corrected chi connectivity index (χ4v) is 2.41. The summed E-state index contributed by atoms with van der Waals surface area (Å²) in [5.41, 5.74) is -0.439. The van der Waals surface area contributed by atoms with Crippen molar-refractivity contribution in [2.45, 2.75) is 38.3 Å². The number of anilines is 1. The number of nitrogens with zero attached hydrogens (tertiary/aromatic N) is 2. The van der Waals surface area contributed by atoms with Gasteiger partial charge in [0.25, 0.3) is 5.56 Å². The van der Waals surface area contributed by atoms with Crippen LogP contribution in [0.3, 0.4) is 0 Å². The summed E-state index contributed by atoms with van der Waals surface area (Å²) in [5.74, 6) is 0.593. The smallest absolute Gasteiger partial charge is 0.283 e. The van der Waals surface area contributed by atoms with Gasteiger partial charge in [0.05, 0.1) is 17.5 Å². The van der Waals surface area contributed by atoms with Crippen molar-refractivity contribution in [3.63, 3.8) is 0 Å². The highest BCUT2D eigenvalue weighted by Gasteiger charge is 2.24. The molecule has 1 atom stereocenters. The molecule has 0 radical (unpaired) electrons. The quantitative estimate of drug-likeness (QED) is 0.737. The zero-order chi connectivity index (χ0) is 15.5. The molecule has 1 aromatic rings. The Morgan fingerprint density at radius 1 is 1.62 bits per heavy atom. The molecule has 1 saturated carbocycles. The summed E-state index contributed by atoms with van der Waals surface area (Å²) in [6, 6.07) is 0. The normalized spacial score (nSPS) is 17.5. The lowest BCUT2D eigenvalue weighted by Gasteiger charge is -2.24. The zero-order valence-corrected chi connectivity index (χ0v) is 14.0. The standard InChI is InChI=1S/C14H22BrN3O3/c1-14(20,5-6-21-2)9-16-11-7-17-18(8-10-3-4-10)13(19)12(11)15/h7,10,16,20H,3-6,8-9H2,1-2H3. The molecule has 1 fully saturated rings. The maximum Gasteiger partial charge on any atom is 0.283 e. The van der Waals surface area contributed by atoms with E-state index in [-0.39, 0.29) is 5.56 Å². The molecule has 2 rings (SSSR count). The van der Waals surface area contributed by atoms with Crippen LogP contribution in [0.5, 0.6) is 0 Å². The lowest BCUT2D eigenvalue weighted by atomic mass is 10.0. The van der Waals surface area contributed by atoms with Crippen molar-refractivity contribution in [3.05, 3.63) is 21.0 Å². The second kappa shape index (κ2) is 6.89. The van der Waals surface area contributed by atoms with Crippen LogP contribution in [-0.4, -0.2) is 40.7 Å². The molecule has 0 aromatic carbocycles. The number of ether oxygens (including phenoxy) is 1. The minimum absolute atomic E-state index is 0.136. The van der Waals surface area contributed by atoms with Crippen LogP contribution in [0.2, 0.25) is 0 Å². The minimum atomic E-state index is -0.904. The Kier molecular flexibility index (Phi) is 5.40. The number of hydrogen-bond donors (Lipinski definition) is 2. The molecule has 1 unspecified atom stereocenters. The third-order valence-corrected chi connectivity index (χ3v) is 4.38. The topological polar surface area (TPSA) is 76.4 Å². The fraction of sp³-hybridized carbons (Fsp3) is 0.714. The molecule has 0 saturated heterocycles. The molecule has 1 heterocycles. The van der Waals surface area contributed by atoms with Gasteiger partial charge in [-0.1, -0.05) is 0 Å². The Labute approximate surface area is 132 Å². The average Bonchev–Trinajstić information content (AvgIpc) is 3.25. The summed E-state index contributed by atoms with van der Waals surface area (Å²) in [6.07, 6.45) is 4.49. The Balaban J connectivity index is 2.00. The Morgan fingerprint density at radius 2 is 2.33 bits per heavy atom. The monoisotopic (exact) mass is 359 g/mol. The molecular weight excluding hydrogens is 338 g/mol. The van der Waals surface area contributed by atoms with E-state index in [1.807, 2.05) is 0 Å². The van der Waals surface area contributed by atoms with Crippen LogP contribution in [0.1, 0.15) is 26.2 Å². The first-order valence-corrected chi connectivity index (χ1v) is 7.93. The van der Waals surface area contributed by atoms with Crippen LogP contribution in [0.4, 0.5) is 5.69 Å². The summed E-state index contributed by atoms with van der Waals surface area (Å²) >= 11 is 3.32. The van der Waals surface area contributed by atoms with Crippen molar-refractivity contribution in [1.82, 2.24) is 9.78 Å². The summed E-state index contributed by atoms with van der Waals surface area (Å²) in [6.45, 7) is 3.22. The Morgan fingerprint density at radius 3 is 2.95 bits per heavy atom. The maximum atomic E-state index is 12.2. The van der Waals surface area contributed by atoms with E-state index in [0.29, 0.717) is 42.2 Å². The summed E-state index contributed by atoms with van der Waals surface area (Å²) < 4.78 is 6.92. The number of methoxy groups -OCH3 is 1. The van der Waals surface area contributed by atoms with E-state index >= 15 is 0 Å². The van der Waals surface area contributed by atoms with Gasteiger partial charge in [-0.15, -0.1) is 0 Å². The molecule has 1 aliphatic carbocycles. The van der Waals surface area contributed by atoms with Crippen molar-refractivity contribution in [1.29, 1.82) is 0 Å². The lowest BCUT2D eigenvalue weighted by molar-refractivity contribution is 0.0357.